The summed E-state index contributed by atoms with van der Waals surface area (Å²) in [5.41, 5.74) is 6.90. The molecule has 0 aliphatic heterocycles. The molecule has 0 bridgehead atoms. The smallest absolute Gasteiger partial charge is 0.244 e. The van der Waals surface area contributed by atoms with E-state index in [9.17, 15) is 4.79 Å². The molecule has 1 atom stereocenters. The van der Waals surface area contributed by atoms with Gasteiger partial charge in [0.1, 0.15) is 17.0 Å². The van der Waals surface area contributed by atoms with Gasteiger partial charge in [0.15, 0.2) is 0 Å². The monoisotopic (exact) mass is 368 g/mol. The van der Waals surface area contributed by atoms with Gasteiger partial charge < -0.3 is 20.5 Å². The fraction of sp³-hybridized carbons (Fsp3) is 0.409. The number of nitrogens with two attached hydrogens (primary N) is 1. The fourth-order valence-corrected chi connectivity index (χ4v) is 3.38. The number of hydrogen-bond acceptors (Lipinski definition) is 4. The largest absolute Gasteiger partial charge is 0.497 e. The Kier molecular flexibility index (Phi) is 6.01. The van der Waals surface area contributed by atoms with Crippen molar-refractivity contribution in [3.8, 4) is 11.5 Å². The SMILES string of the molecule is COc1ccc(CNC(=O)C(C)(N)c2ccccc2)c(OC2CCCC2)c1. The maximum absolute atomic E-state index is 12.7. The van der Waals surface area contributed by atoms with Crippen LogP contribution in [0.3, 0.4) is 0 Å². The molecule has 1 unspecified atom stereocenters. The molecule has 0 aromatic heterocycles. The normalized spacial score (nSPS) is 16.6. The van der Waals surface area contributed by atoms with Crippen molar-refractivity contribution >= 4 is 5.91 Å². The van der Waals surface area contributed by atoms with Gasteiger partial charge in [0, 0.05) is 18.2 Å². The van der Waals surface area contributed by atoms with Gasteiger partial charge in [-0.05, 0) is 50.3 Å². The van der Waals surface area contributed by atoms with Crippen molar-refractivity contribution < 1.29 is 14.3 Å². The lowest BCUT2D eigenvalue weighted by molar-refractivity contribution is -0.126. The molecule has 0 saturated heterocycles. The Hall–Kier alpha value is -2.53. The van der Waals surface area contributed by atoms with Gasteiger partial charge in [0.25, 0.3) is 0 Å². The van der Waals surface area contributed by atoms with E-state index in [1.165, 1.54) is 12.8 Å². The molecule has 0 spiro atoms. The highest BCUT2D eigenvalue weighted by Crippen LogP contribution is 2.30. The first-order valence-electron chi connectivity index (χ1n) is 9.47. The standard InChI is InChI=1S/C22H28N2O3/c1-22(23,17-8-4-3-5-9-17)21(25)24-15-16-12-13-19(26-2)14-20(16)27-18-10-6-7-11-18/h3-5,8-9,12-14,18H,6-7,10-11,15,23H2,1-2H3,(H,24,25). The number of amides is 1. The minimum Gasteiger partial charge on any atom is -0.497 e. The molecule has 1 saturated carbocycles. The maximum atomic E-state index is 12.7. The molecule has 0 heterocycles. The van der Waals surface area contributed by atoms with E-state index in [1.54, 1.807) is 14.0 Å². The molecule has 1 fully saturated rings. The predicted molar refractivity (Wildman–Crippen MR) is 106 cm³/mol. The topological polar surface area (TPSA) is 73.6 Å². The van der Waals surface area contributed by atoms with Crippen LogP contribution in [-0.4, -0.2) is 19.1 Å². The molecule has 2 aromatic carbocycles. The molecular weight excluding hydrogens is 340 g/mol. The molecule has 1 aliphatic rings. The summed E-state index contributed by atoms with van der Waals surface area (Å²) in [4.78, 5) is 12.7. The van der Waals surface area contributed by atoms with Crippen LogP contribution in [0.2, 0.25) is 0 Å². The number of nitrogens with one attached hydrogen (secondary N) is 1. The van der Waals surface area contributed by atoms with Crippen molar-refractivity contribution in [2.45, 2.75) is 50.8 Å². The molecule has 1 amide bonds. The lowest BCUT2D eigenvalue weighted by Crippen LogP contribution is -2.48. The van der Waals surface area contributed by atoms with Crippen molar-refractivity contribution in [1.82, 2.24) is 5.32 Å². The molecule has 144 valence electrons. The van der Waals surface area contributed by atoms with Crippen LogP contribution in [0.15, 0.2) is 48.5 Å². The highest BCUT2D eigenvalue weighted by atomic mass is 16.5. The Labute approximate surface area is 160 Å². The van der Waals surface area contributed by atoms with E-state index in [2.05, 4.69) is 5.32 Å². The quantitative estimate of drug-likeness (QED) is 0.784. The Morgan fingerprint density at radius 1 is 1.19 bits per heavy atom. The average molecular weight is 368 g/mol. The minimum absolute atomic E-state index is 0.226. The molecular formula is C22H28N2O3. The number of methoxy groups -OCH3 is 1. The average Bonchev–Trinajstić information content (AvgIpc) is 3.20. The lowest BCUT2D eigenvalue weighted by Gasteiger charge is -2.24. The van der Waals surface area contributed by atoms with E-state index in [1.807, 2.05) is 48.5 Å². The number of benzene rings is 2. The van der Waals surface area contributed by atoms with E-state index >= 15 is 0 Å². The molecule has 2 aromatic rings. The molecule has 1 aliphatic carbocycles. The molecule has 5 heteroatoms. The van der Waals surface area contributed by atoms with Crippen molar-refractivity contribution in [2.75, 3.05) is 7.11 Å². The first-order chi connectivity index (χ1) is 13.0. The molecule has 27 heavy (non-hydrogen) atoms. The van der Waals surface area contributed by atoms with Gasteiger partial charge in [0.05, 0.1) is 13.2 Å². The van der Waals surface area contributed by atoms with Gasteiger partial charge in [0.2, 0.25) is 5.91 Å². The number of carbonyl (C=O) groups excluding carboxylic acids is 1. The lowest BCUT2D eigenvalue weighted by atomic mass is 9.92. The summed E-state index contributed by atoms with van der Waals surface area (Å²) in [5, 5.41) is 2.96. The van der Waals surface area contributed by atoms with Gasteiger partial charge >= 0.3 is 0 Å². The summed E-state index contributed by atoms with van der Waals surface area (Å²) in [7, 11) is 1.63. The number of hydrogen-bond donors (Lipinski definition) is 2. The van der Waals surface area contributed by atoms with E-state index in [-0.39, 0.29) is 12.0 Å². The van der Waals surface area contributed by atoms with Crippen LogP contribution in [-0.2, 0) is 16.9 Å². The summed E-state index contributed by atoms with van der Waals surface area (Å²) < 4.78 is 11.5. The van der Waals surface area contributed by atoms with E-state index in [0.717, 1.165) is 35.5 Å². The summed E-state index contributed by atoms with van der Waals surface area (Å²) in [5.74, 6) is 1.28. The zero-order valence-electron chi connectivity index (χ0n) is 16.0. The fourth-order valence-electron chi connectivity index (χ4n) is 3.38. The molecule has 3 N–H and O–H groups in total. The van der Waals surface area contributed by atoms with Crippen LogP contribution >= 0.6 is 0 Å². The van der Waals surface area contributed by atoms with Gasteiger partial charge in [-0.2, -0.15) is 0 Å². The Bertz CT molecular complexity index is 768. The highest BCUT2D eigenvalue weighted by Gasteiger charge is 2.30. The second-order valence-electron chi connectivity index (χ2n) is 7.25. The van der Waals surface area contributed by atoms with Crippen LogP contribution in [0, 0.1) is 0 Å². The first kappa shape index (κ1) is 19.2. The van der Waals surface area contributed by atoms with Crippen molar-refractivity contribution in [1.29, 1.82) is 0 Å². The maximum Gasteiger partial charge on any atom is 0.244 e. The second kappa shape index (κ2) is 8.44. The van der Waals surface area contributed by atoms with Crippen LogP contribution < -0.4 is 20.5 Å². The summed E-state index contributed by atoms with van der Waals surface area (Å²) >= 11 is 0. The molecule has 0 radical (unpaired) electrons. The van der Waals surface area contributed by atoms with Crippen molar-refractivity contribution in [3.05, 3.63) is 59.7 Å². The number of carbonyl (C=O) groups is 1. The van der Waals surface area contributed by atoms with E-state index in [4.69, 9.17) is 15.2 Å². The van der Waals surface area contributed by atoms with E-state index < -0.39 is 5.54 Å². The summed E-state index contributed by atoms with van der Waals surface area (Å²) in [6.07, 6.45) is 4.76. The summed E-state index contributed by atoms with van der Waals surface area (Å²) in [6.45, 7) is 2.08. The van der Waals surface area contributed by atoms with Crippen LogP contribution in [0.5, 0.6) is 11.5 Å². The van der Waals surface area contributed by atoms with Crippen LogP contribution in [0.1, 0.15) is 43.7 Å². The zero-order chi connectivity index (χ0) is 19.3. The Morgan fingerprint density at radius 3 is 2.56 bits per heavy atom. The van der Waals surface area contributed by atoms with Crippen LogP contribution in [0.4, 0.5) is 0 Å². The molecule has 3 rings (SSSR count). The van der Waals surface area contributed by atoms with Crippen molar-refractivity contribution in [2.24, 2.45) is 5.73 Å². The predicted octanol–water partition coefficient (Wildman–Crippen LogP) is 3.51. The highest BCUT2D eigenvalue weighted by molar-refractivity contribution is 5.87. The first-order valence-corrected chi connectivity index (χ1v) is 9.47. The minimum atomic E-state index is -1.10. The van der Waals surface area contributed by atoms with Crippen molar-refractivity contribution in [3.63, 3.8) is 0 Å². The molecule has 5 nitrogen and oxygen atoms in total. The second-order valence-corrected chi connectivity index (χ2v) is 7.25. The number of rotatable bonds is 7. The Morgan fingerprint density at radius 2 is 1.89 bits per heavy atom. The third-order valence-corrected chi connectivity index (χ3v) is 5.15. The number of ether oxygens (including phenoxy) is 2. The third-order valence-electron chi connectivity index (χ3n) is 5.15. The van der Waals surface area contributed by atoms with Gasteiger partial charge in [-0.15, -0.1) is 0 Å². The third kappa shape index (κ3) is 4.61. The zero-order valence-corrected chi connectivity index (χ0v) is 16.0. The Balaban J connectivity index is 1.71. The van der Waals surface area contributed by atoms with Gasteiger partial charge in [-0.1, -0.05) is 30.3 Å². The summed E-state index contributed by atoms with van der Waals surface area (Å²) in [6, 6.07) is 15.1. The van der Waals surface area contributed by atoms with Crippen LogP contribution in [0.25, 0.3) is 0 Å². The van der Waals surface area contributed by atoms with Gasteiger partial charge in [-0.3, -0.25) is 4.79 Å². The van der Waals surface area contributed by atoms with E-state index in [0.29, 0.717) is 6.54 Å². The van der Waals surface area contributed by atoms with Gasteiger partial charge in [-0.25, -0.2) is 0 Å².